The molecule has 2 aromatic carbocycles. The van der Waals surface area contributed by atoms with E-state index in [9.17, 15) is 30.0 Å². The maximum atomic E-state index is 13.2. The molecule has 0 aliphatic carbocycles. The Kier molecular flexibility index (Phi) is 7.89. The molecule has 0 heterocycles. The SMILES string of the molecule is C=CCN(Cc1cccc([Si](C)(C)C)c1OS(=O)(=O)C(F)(F)F)S(=O)(=O)c1ccc(C)cc1. The monoisotopic (exact) mass is 521 g/mol. The zero-order valence-electron chi connectivity index (χ0n) is 18.7. The van der Waals surface area contributed by atoms with Crippen molar-refractivity contribution in [3.05, 3.63) is 66.2 Å². The van der Waals surface area contributed by atoms with Gasteiger partial charge in [-0.05, 0) is 24.2 Å². The molecule has 2 aromatic rings. The van der Waals surface area contributed by atoms with Crippen molar-refractivity contribution in [3.63, 3.8) is 0 Å². The van der Waals surface area contributed by atoms with Crippen molar-refractivity contribution in [1.82, 2.24) is 4.31 Å². The van der Waals surface area contributed by atoms with Gasteiger partial charge in [-0.1, -0.05) is 61.6 Å². The Morgan fingerprint density at radius 1 is 1.03 bits per heavy atom. The van der Waals surface area contributed by atoms with E-state index in [1.807, 2.05) is 19.6 Å². The van der Waals surface area contributed by atoms with E-state index in [0.29, 0.717) is 5.19 Å². The quantitative estimate of drug-likeness (QED) is 0.214. The molecule has 0 atom stereocenters. The molecule has 0 aliphatic heterocycles. The molecule has 6 nitrogen and oxygen atoms in total. The lowest BCUT2D eigenvalue weighted by Gasteiger charge is -2.26. The average Bonchev–Trinajstić information content (AvgIpc) is 2.67. The Bertz CT molecular complexity index is 1220. The predicted octanol–water partition coefficient (Wildman–Crippen LogP) is 4.15. The van der Waals surface area contributed by atoms with E-state index in [4.69, 9.17) is 0 Å². The fourth-order valence-corrected chi connectivity index (χ4v) is 6.46. The summed E-state index contributed by atoms with van der Waals surface area (Å²) >= 11 is 0. The van der Waals surface area contributed by atoms with E-state index in [1.165, 1.54) is 30.3 Å². The van der Waals surface area contributed by atoms with Crippen molar-refractivity contribution in [3.8, 4) is 5.75 Å². The molecule has 0 saturated heterocycles. The van der Waals surface area contributed by atoms with Crippen LogP contribution in [-0.4, -0.2) is 41.3 Å². The maximum absolute atomic E-state index is 13.2. The van der Waals surface area contributed by atoms with Crippen LogP contribution in [0.3, 0.4) is 0 Å². The molecule has 0 fully saturated rings. The van der Waals surface area contributed by atoms with Crippen molar-refractivity contribution >= 4 is 33.4 Å². The van der Waals surface area contributed by atoms with Crippen LogP contribution in [-0.2, 0) is 26.7 Å². The molecule has 0 radical (unpaired) electrons. The average molecular weight is 522 g/mol. The molecule has 182 valence electrons. The summed E-state index contributed by atoms with van der Waals surface area (Å²) in [6, 6.07) is 10.5. The molecule has 12 heteroatoms. The number of nitrogens with zero attached hydrogens (tertiary/aromatic N) is 1. The van der Waals surface area contributed by atoms with Gasteiger partial charge in [-0.2, -0.15) is 25.9 Å². The molecular weight excluding hydrogens is 495 g/mol. The molecule has 0 aromatic heterocycles. The Hall–Kier alpha value is -2.15. The molecule has 0 bridgehead atoms. The molecule has 0 N–H and O–H groups in total. The predicted molar refractivity (Wildman–Crippen MR) is 124 cm³/mol. The summed E-state index contributed by atoms with van der Waals surface area (Å²) < 4.78 is 95.0. The van der Waals surface area contributed by atoms with Crippen LogP contribution in [0.1, 0.15) is 11.1 Å². The minimum Gasteiger partial charge on any atom is -0.376 e. The number of alkyl halides is 3. The summed E-state index contributed by atoms with van der Waals surface area (Å²) in [4.78, 5) is -0.0123. The van der Waals surface area contributed by atoms with Crippen LogP contribution in [0.4, 0.5) is 13.2 Å². The first-order valence-corrected chi connectivity index (χ1v) is 16.2. The molecule has 0 saturated carbocycles. The van der Waals surface area contributed by atoms with Crippen molar-refractivity contribution < 1.29 is 34.2 Å². The standard InChI is InChI=1S/C21H26F3NO5S2Si/c1-6-14-25(31(26,27)18-12-10-16(2)11-13-18)15-17-8-7-9-19(33(3,4)5)20(17)30-32(28,29)21(22,23)24/h6-13H,1,14-15H2,2-5H3. The number of aryl methyl sites for hydroxylation is 1. The largest absolute Gasteiger partial charge is 0.534 e. The maximum Gasteiger partial charge on any atom is 0.534 e. The topological polar surface area (TPSA) is 80.8 Å². The third kappa shape index (κ3) is 6.25. The second kappa shape index (κ2) is 9.61. The van der Waals surface area contributed by atoms with E-state index in [-0.39, 0.29) is 17.0 Å². The number of para-hydroxylation sites is 1. The summed E-state index contributed by atoms with van der Waals surface area (Å²) in [5.74, 6) is -0.484. The van der Waals surface area contributed by atoms with Gasteiger partial charge in [0, 0.05) is 18.7 Å². The smallest absolute Gasteiger partial charge is 0.376 e. The van der Waals surface area contributed by atoms with Crippen LogP contribution in [0, 0.1) is 6.92 Å². The number of hydrogen-bond donors (Lipinski definition) is 0. The van der Waals surface area contributed by atoms with Crippen LogP contribution in [0.2, 0.25) is 19.6 Å². The van der Waals surface area contributed by atoms with Crippen LogP contribution in [0.5, 0.6) is 5.75 Å². The van der Waals surface area contributed by atoms with Crippen molar-refractivity contribution in [2.24, 2.45) is 0 Å². The molecule has 2 rings (SSSR count). The first-order valence-electron chi connectivity index (χ1n) is 9.81. The molecule has 0 aliphatic rings. The van der Waals surface area contributed by atoms with Gasteiger partial charge in [0.2, 0.25) is 10.0 Å². The van der Waals surface area contributed by atoms with Gasteiger partial charge < -0.3 is 4.18 Å². The normalized spacial score (nSPS) is 13.2. The third-order valence-corrected chi connectivity index (χ3v) is 9.51. The molecular formula is C21H26F3NO5S2Si. The fraction of sp³-hybridized carbons (Fsp3) is 0.333. The van der Waals surface area contributed by atoms with Crippen molar-refractivity contribution in [2.45, 2.75) is 43.5 Å². The number of benzene rings is 2. The molecule has 0 unspecified atom stereocenters. The van der Waals surface area contributed by atoms with Crippen LogP contribution < -0.4 is 9.37 Å². The molecule has 0 spiro atoms. The van der Waals surface area contributed by atoms with E-state index in [0.717, 1.165) is 9.87 Å². The Morgan fingerprint density at radius 3 is 2.09 bits per heavy atom. The minimum absolute atomic E-state index is 0.000265. The van der Waals surface area contributed by atoms with E-state index in [2.05, 4.69) is 10.8 Å². The molecule has 0 amide bonds. The van der Waals surface area contributed by atoms with E-state index in [1.54, 1.807) is 25.1 Å². The van der Waals surface area contributed by atoms with Crippen LogP contribution >= 0.6 is 0 Å². The number of rotatable bonds is 9. The first kappa shape index (κ1) is 27.1. The lowest BCUT2D eigenvalue weighted by atomic mass is 10.2. The number of halogens is 3. The molecule has 33 heavy (non-hydrogen) atoms. The summed E-state index contributed by atoms with van der Waals surface area (Å²) in [6.07, 6.45) is 1.33. The number of hydrogen-bond acceptors (Lipinski definition) is 5. The third-order valence-electron chi connectivity index (χ3n) is 4.72. The van der Waals surface area contributed by atoms with Gasteiger partial charge in [-0.3, -0.25) is 0 Å². The van der Waals surface area contributed by atoms with Gasteiger partial charge in [-0.15, -0.1) is 6.58 Å². The second-order valence-electron chi connectivity index (χ2n) is 8.43. The second-order valence-corrected chi connectivity index (χ2v) is 16.9. The van der Waals surface area contributed by atoms with E-state index < -0.39 is 46.0 Å². The Balaban J connectivity index is 2.64. The zero-order chi connectivity index (χ0) is 25.2. The van der Waals surface area contributed by atoms with Crippen LogP contribution in [0.15, 0.2) is 60.0 Å². The van der Waals surface area contributed by atoms with Gasteiger partial charge in [-0.25, -0.2) is 8.42 Å². The lowest BCUT2D eigenvalue weighted by molar-refractivity contribution is -0.0500. The van der Waals surface area contributed by atoms with Crippen molar-refractivity contribution in [1.29, 1.82) is 0 Å². The highest BCUT2D eigenvalue weighted by Crippen LogP contribution is 2.31. The Labute approximate surface area is 193 Å². The summed E-state index contributed by atoms with van der Waals surface area (Å²) in [7, 11) is -12.4. The lowest BCUT2D eigenvalue weighted by Crippen LogP contribution is -2.41. The Morgan fingerprint density at radius 2 is 1.61 bits per heavy atom. The number of sulfonamides is 1. The van der Waals surface area contributed by atoms with Crippen LogP contribution in [0.25, 0.3) is 0 Å². The van der Waals surface area contributed by atoms with Gasteiger partial charge in [0.15, 0.2) is 0 Å². The highest BCUT2D eigenvalue weighted by Gasteiger charge is 2.49. The minimum atomic E-state index is -5.96. The summed E-state index contributed by atoms with van der Waals surface area (Å²) in [6.45, 7) is 10.2. The van der Waals surface area contributed by atoms with Gasteiger partial charge in [0.05, 0.1) is 13.0 Å². The van der Waals surface area contributed by atoms with Gasteiger partial charge in [0.25, 0.3) is 0 Å². The van der Waals surface area contributed by atoms with Crippen molar-refractivity contribution in [2.75, 3.05) is 6.54 Å². The summed E-state index contributed by atoms with van der Waals surface area (Å²) in [5.41, 5.74) is -4.79. The summed E-state index contributed by atoms with van der Waals surface area (Å²) in [5, 5.41) is 0.319. The fourth-order valence-electron chi connectivity index (χ4n) is 3.00. The first-order chi connectivity index (χ1) is 15.0. The highest BCUT2D eigenvalue weighted by molar-refractivity contribution is 7.89. The van der Waals surface area contributed by atoms with E-state index >= 15 is 0 Å². The van der Waals surface area contributed by atoms with Gasteiger partial charge >= 0.3 is 15.6 Å². The zero-order valence-corrected chi connectivity index (χ0v) is 21.3. The highest BCUT2D eigenvalue weighted by atomic mass is 32.2. The van der Waals surface area contributed by atoms with Gasteiger partial charge in [0.1, 0.15) is 5.75 Å².